The molecule has 0 N–H and O–H groups in total. The second-order valence-electron chi connectivity index (χ2n) is 6.00. The van der Waals surface area contributed by atoms with Gasteiger partial charge >= 0.3 is 5.97 Å². The fourth-order valence-electron chi connectivity index (χ4n) is 2.59. The van der Waals surface area contributed by atoms with Gasteiger partial charge in [0.15, 0.2) is 5.71 Å². The molecule has 0 fully saturated rings. The Kier molecular flexibility index (Phi) is 9.03. The molecule has 2 aromatic carbocycles. The zero-order valence-corrected chi connectivity index (χ0v) is 19.5. The molecule has 0 aliphatic rings. The summed E-state index contributed by atoms with van der Waals surface area (Å²) < 4.78 is 4.82. The van der Waals surface area contributed by atoms with Crippen molar-refractivity contribution in [2.75, 3.05) is 14.2 Å². The van der Waals surface area contributed by atoms with Gasteiger partial charge in [-0.25, -0.2) is 4.79 Å². The highest BCUT2D eigenvalue weighted by Crippen LogP contribution is 2.21. The maximum absolute atomic E-state index is 12.1. The summed E-state index contributed by atoms with van der Waals surface area (Å²) in [6.45, 7) is 2.06. The SMILES string of the molecule is CO/N=C(/C(=O)OC)c1cccc(C)c1CO/N=C(/c1ccc(Cl)cc1)C(P)P. The van der Waals surface area contributed by atoms with E-state index in [0.29, 0.717) is 10.6 Å². The molecular weight excluding hydrogens is 430 g/mol. The van der Waals surface area contributed by atoms with Crippen LogP contribution in [0.25, 0.3) is 0 Å². The number of hydrogen-bond donors (Lipinski definition) is 0. The van der Waals surface area contributed by atoms with Gasteiger partial charge in [0.05, 0.1) is 12.8 Å². The van der Waals surface area contributed by atoms with E-state index in [4.69, 9.17) is 26.0 Å². The van der Waals surface area contributed by atoms with E-state index in [9.17, 15) is 4.79 Å². The fourth-order valence-corrected chi connectivity index (χ4v) is 3.23. The van der Waals surface area contributed by atoms with Crippen molar-refractivity contribution in [2.45, 2.75) is 18.9 Å². The summed E-state index contributed by atoms with van der Waals surface area (Å²) in [5, 5.41) is 8.77. The van der Waals surface area contributed by atoms with E-state index in [0.717, 1.165) is 22.4 Å². The first-order chi connectivity index (χ1) is 13.9. The Bertz CT molecular complexity index is 915. The minimum absolute atomic E-state index is 0.0202. The number of rotatable bonds is 8. The number of benzene rings is 2. The van der Waals surface area contributed by atoms with E-state index in [-0.39, 0.29) is 17.7 Å². The van der Waals surface area contributed by atoms with Crippen molar-refractivity contribution in [3.8, 4) is 0 Å². The molecule has 9 heteroatoms. The lowest BCUT2D eigenvalue weighted by Crippen LogP contribution is -2.20. The molecule has 0 radical (unpaired) electrons. The average molecular weight is 453 g/mol. The van der Waals surface area contributed by atoms with Crippen LogP contribution in [0, 0.1) is 6.92 Å². The zero-order valence-electron chi connectivity index (χ0n) is 16.4. The third-order valence-electron chi connectivity index (χ3n) is 4.05. The lowest BCUT2D eigenvalue weighted by atomic mass is 9.99. The van der Waals surface area contributed by atoms with Crippen molar-refractivity contribution in [3.63, 3.8) is 0 Å². The summed E-state index contributed by atoms with van der Waals surface area (Å²) in [6, 6.07) is 12.9. The van der Waals surface area contributed by atoms with E-state index in [1.165, 1.54) is 14.2 Å². The standard InChI is InChI=1S/C20H23ClN2O4P2/c1-12-5-4-6-15(18(22-26-3)19(24)25-2)16(12)11-27-23-17(20(28)29)13-7-9-14(21)10-8-13/h4-10,20H,11,28-29H2,1-3H3/b22-18+,23-17-. The highest BCUT2D eigenvalue weighted by molar-refractivity contribution is 7.40. The lowest BCUT2D eigenvalue weighted by molar-refractivity contribution is -0.132. The molecule has 2 rings (SSSR count). The Morgan fingerprint density at radius 1 is 1.10 bits per heavy atom. The minimum Gasteiger partial charge on any atom is -0.464 e. The molecule has 0 aliphatic carbocycles. The highest BCUT2D eigenvalue weighted by atomic mass is 35.5. The molecule has 29 heavy (non-hydrogen) atoms. The largest absolute Gasteiger partial charge is 0.464 e. The van der Waals surface area contributed by atoms with Crippen LogP contribution in [0.5, 0.6) is 0 Å². The number of nitrogens with zero attached hydrogens (tertiary/aromatic N) is 2. The summed E-state index contributed by atoms with van der Waals surface area (Å²) in [6.07, 6.45) is 0. The molecule has 0 spiro atoms. The molecule has 0 heterocycles. The monoisotopic (exact) mass is 452 g/mol. The Morgan fingerprint density at radius 2 is 1.79 bits per heavy atom. The van der Waals surface area contributed by atoms with Crippen molar-refractivity contribution < 1.29 is 19.2 Å². The number of ether oxygens (including phenoxy) is 1. The van der Waals surface area contributed by atoms with Gasteiger partial charge in [-0.1, -0.05) is 52.2 Å². The van der Waals surface area contributed by atoms with E-state index >= 15 is 0 Å². The summed E-state index contributed by atoms with van der Waals surface area (Å²) in [7, 11) is 8.00. The van der Waals surface area contributed by atoms with Gasteiger partial charge in [0.25, 0.3) is 0 Å². The molecule has 6 nitrogen and oxygen atoms in total. The number of hydrogen-bond acceptors (Lipinski definition) is 6. The lowest BCUT2D eigenvalue weighted by Gasteiger charge is -2.14. The summed E-state index contributed by atoms with van der Waals surface area (Å²) >= 11 is 5.97. The summed E-state index contributed by atoms with van der Waals surface area (Å²) in [5.74, 6) is -0.598. The molecule has 2 unspecified atom stereocenters. The Balaban J connectivity index is 2.34. The first-order valence-electron chi connectivity index (χ1n) is 8.64. The predicted octanol–water partition coefficient (Wildman–Crippen LogP) is 4.17. The number of halogens is 1. The van der Waals surface area contributed by atoms with Crippen molar-refractivity contribution in [2.24, 2.45) is 10.3 Å². The van der Waals surface area contributed by atoms with Gasteiger partial charge < -0.3 is 14.4 Å². The van der Waals surface area contributed by atoms with Crippen molar-refractivity contribution in [1.29, 1.82) is 0 Å². The van der Waals surface area contributed by atoms with E-state index in [1.54, 1.807) is 18.2 Å². The fraction of sp³-hybridized carbons (Fsp3) is 0.250. The van der Waals surface area contributed by atoms with Crippen molar-refractivity contribution in [1.82, 2.24) is 0 Å². The molecule has 0 bridgehead atoms. The molecule has 2 aromatic rings. The number of oxime groups is 2. The van der Waals surface area contributed by atoms with Crippen LogP contribution in [-0.4, -0.2) is 37.0 Å². The zero-order chi connectivity index (χ0) is 21.4. The maximum atomic E-state index is 12.1. The van der Waals surface area contributed by atoms with Crippen LogP contribution >= 0.6 is 30.1 Å². The summed E-state index contributed by atoms with van der Waals surface area (Å²) in [5.41, 5.74) is 3.93. The van der Waals surface area contributed by atoms with Crippen LogP contribution in [0.1, 0.15) is 22.3 Å². The molecule has 154 valence electrons. The average Bonchev–Trinajstić information content (AvgIpc) is 2.70. The molecule has 0 aromatic heterocycles. The molecular formula is C20H23ClN2O4P2. The van der Waals surface area contributed by atoms with Gasteiger partial charge in [-0.2, -0.15) is 0 Å². The predicted molar refractivity (Wildman–Crippen MR) is 123 cm³/mol. The quantitative estimate of drug-likeness (QED) is 0.261. The second-order valence-corrected chi connectivity index (χ2v) is 8.64. The third-order valence-corrected chi connectivity index (χ3v) is 4.94. The molecule has 0 amide bonds. The van der Waals surface area contributed by atoms with Crippen molar-refractivity contribution >= 4 is 47.5 Å². The normalized spacial score (nSPS) is 12.1. The number of esters is 1. The van der Waals surface area contributed by atoms with E-state index in [1.807, 2.05) is 31.2 Å². The number of carbonyl (C=O) groups excluding carboxylic acids is 1. The van der Waals surface area contributed by atoms with Crippen LogP contribution in [0.4, 0.5) is 0 Å². The molecule has 0 saturated heterocycles. The van der Waals surface area contributed by atoms with Crippen molar-refractivity contribution in [3.05, 3.63) is 69.7 Å². The Morgan fingerprint density at radius 3 is 2.38 bits per heavy atom. The topological polar surface area (TPSA) is 69.5 Å². The van der Waals surface area contributed by atoms with Gasteiger partial charge in [-0.05, 0) is 24.6 Å². The molecule has 2 atom stereocenters. The highest BCUT2D eigenvalue weighted by Gasteiger charge is 2.21. The van der Waals surface area contributed by atoms with Gasteiger partial charge in [0.1, 0.15) is 13.7 Å². The first-order valence-corrected chi connectivity index (χ1v) is 10.4. The van der Waals surface area contributed by atoms with Gasteiger partial charge in [-0.3, -0.25) is 0 Å². The number of carbonyl (C=O) groups is 1. The smallest absolute Gasteiger partial charge is 0.360 e. The van der Waals surface area contributed by atoms with Gasteiger partial charge in [0.2, 0.25) is 0 Å². The summed E-state index contributed by atoms with van der Waals surface area (Å²) in [4.78, 5) is 22.6. The Labute approximate surface area is 180 Å². The van der Waals surface area contributed by atoms with Crippen LogP contribution in [0.15, 0.2) is 52.8 Å². The van der Waals surface area contributed by atoms with Gasteiger partial charge in [-0.15, -0.1) is 18.5 Å². The van der Waals surface area contributed by atoms with Crippen LogP contribution < -0.4 is 0 Å². The van der Waals surface area contributed by atoms with Crippen LogP contribution in [0.2, 0.25) is 5.02 Å². The van der Waals surface area contributed by atoms with Gasteiger partial charge in [0, 0.05) is 27.1 Å². The van der Waals surface area contributed by atoms with E-state index < -0.39 is 5.97 Å². The van der Waals surface area contributed by atoms with Crippen LogP contribution in [-0.2, 0) is 25.8 Å². The first kappa shape index (κ1) is 23.3. The Hall–Kier alpha value is -2.00. The number of aryl methyl sites for hydroxylation is 1. The second kappa shape index (κ2) is 11.3. The molecule has 0 aliphatic heterocycles. The third kappa shape index (κ3) is 6.24. The molecule has 0 saturated carbocycles. The van der Waals surface area contributed by atoms with E-state index in [2.05, 4.69) is 28.8 Å². The minimum atomic E-state index is -0.598. The maximum Gasteiger partial charge on any atom is 0.360 e. The number of methoxy groups -OCH3 is 1. The van der Waals surface area contributed by atoms with Crippen LogP contribution in [0.3, 0.4) is 0 Å².